The minimum Gasteiger partial charge on any atom is -0.388 e. The summed E-state index contributed by atoms with van der Waals surface area (Å²) in [5.74, 6) is -0.122. The molecule has 0 heterocycles. The number of anilines is 1. The largest absolute Gasteiger partial charge is 0.388 e. The number of hydrogen-bond acceptors (Lipinski definition) is 2. The Kier molecular flexibility index (Phi) is 4.55. The van der Waals surface area contributed by atoms with Crippen LogP contribution >= 0.6 is 15.9 Å². The van der Waals surface area contributed by atoms with Crippen LogP contribution in [0, 0.1) is 18.7 Å². The van der Waals surface area contributed by atoms with Crippen molar-refractivity contribution in [2.45, 2.75) is 33.3 Å². The standard InChI is InChI=1S/C13H19BrFNO/c1-8(2)13(4,17)7-16-12-6-10(14)11(15)5-9(12)3/h5-6,8,16-17H,7H2,1-4H3. The molecule has 0 aliphatic heterocycles. The quantitative estimate of drug-likeness (QED) is 0.888. The first-order valence-electron chi connectivity index (χ1n) is 5.66. The van der Waals surface area contributed by atoms with Crippen molar-refractivity contribution >= 4 is 21.6 Å². The van der Waals surface area contributed by atoms with Crippen LogP contribution in [-0.4, -0.2) is 17.3 Å². The summed E-state index contributed by atoms with van der Waals surface area (Å²) in [7, 11) is 0. The van der Waals surface area contributed by atoms with Crippen molar-refractivity contribution in [2.24, 2.45) is 5.92 Å². The number of nitrogens with one attached hydrogen (secondary N) is 1. The molecule has 0 spiro atoms. The lowest BCUT2D eigenvalue weighted by Crippen LogP contribution is -2.38. The molecule has 2 N–H and O–H groups in total. The third kappa shape index (κ3) is 3.68. The number of hydrogen-bond donors (Lipinski definition) is 2. The van der Waals surface area contributed by atoms with Crippen molar-refractivity contribution in [2.75, 3.05) is 11.9 Å². The van der Waals surface area contributed by atoms with E-state index >= 15 is 0 Å². The molecule has 4 heteroatoms. The summed E-state index contributed by atoms with van der Waals surface area (Å²) in [5.41, 5.74) is 0.872. The first-order valence-corrected chi connectivity index (χ1v) is 6.45. The number of aryl methyl sites for hydroxylation is 1. The van der Waals surface area contributed by atoms with Gasteiger partial charge in [-0.25, -0.2) is 4.39 Å². The fourth-order valence-electron chi connectivity index (χ4n) is 1.32. The second kappa shape index (κ2) is 5.36. The molecule has 1 aromatic carbocycles. The fraction of sp³-hybridized carbons (Fsp3) is 0.538. The Labute approximate surface area is 110 Å². The van der Waals surface area contributed by atoms with Gasteiger partial charge in [-0.1, -0.05) is 13.8 Å². The number of halogens is 2. The third-order valence-corrected chi connectivity index (χ3v) is 3.76. The Hall–Kier alpha value is -0.610. The molecule has 0 amide bonds. The average Bonchev–Trinajstić information content (AvgIpc) is 2.21. The van der Waals surface area contributed by atoms with E-state index in [-0.39, 0.29) is 11.7 Å². The predicted molar refractivity (Wildman–Crippen MR) is 72.8 cm³/mol. The zero-order chi connectivity index (χ0) is 13.2. The Morgan fingerprint density at radius 1 is 1.47 bits per heavy atom. The Morgan fingerprint density at radius 3 is 2.59 bits per heavy atom. The summed E-state index contributed by atoms with van der Waals surface area (Å²) in [5, 5.41) is 13.3. The molecular weight excluding hydrogens is 285 g/mol. The summed E-state index contributed by atoms with van der Waals surface area (Å²) in [6.45, 7) is 7.99. The molecule has 96 valence electrons. The minimum atomic E-state index is -0.784. The summed E-state index contributed by atoms with van der Waals surface area (Å²) < 4.78 is 13.7. The third-order valence-electron chi connectivity index (χ3n) is 3.15. The highest BCUT2D eigenvalue weighted by molar-refractivity contribution is 9.10. The van der Waals surface area contributed by atoms with E-state index in [9.17, 15) is 9.50 Å². The van der Waals surface area contributed by atoms with Gasteiger partial charge in [0.05, 0.1) is 10.1 Å². The first-order chi connectivity index (χ1) is 7.74. The molecule has 0 aliphatic carbocycles. The summed E-state index contributed by atoms with van der Waals surface area (Å²) in [4.78, 5) is 0. The number of aliphatic hydroxyl groups is 1. The van der Waals surface area contributed by atoms with Crippen molar-refractivity contribution in [1.82, 2.24) is 0 Å². The molecular formula is C13H19BrFNO. The number of rotatable bonds is 4. The highest BCUT2D eigenvalue weighted by Crippen LogP contribution is 2.25. The SMILES string of the molecule is Cc1cc(F)c(Br)cc1NCC(C)(O)C(C)C. The van der Waals surface area contributed by atoms with Crippen molar-refractivity contribution in [3.63, 3.8) is 0 Å². The zero-order valence-corrected chi connectivity index (χ0v) is 12.2. The van der Waals surface area contributed by atoms with Crippen LogP contribution in [0.5, 0.6) is 0 Å². The Balaban J connectivity index is 2.80. The molecule has 0 fully saturated rings. The smallest absolute Gasteiger partial charge is 0.137 e. The van der Waals surface area contributed by atoms with E-state index in [2.05, 4.69) is 21.2 Å². The van der Waals surface area contributed by atoms with E-state index < -0.39 is 5.60 Å². The molecule has 0 aliphatic rings. The topological polar surface area (TPSA) is 32.3 Å². The summed E-state index contributed by atoms with van der Waals surface area (Å²) in [6.07, 6.45) is 0. The van der Waals surface area contributed by atoms with E-state index in [0.717, 1.165) is 11.3 Å². The lowest BCUT2D eigenvalue weighted by Gasteiger charge is -2.28. The van der Waals surface area contributed by atoms with Gasteiger partial charge < -0.3 is 10.4 Å². The molecule has 1 aromatic rings. The Morgan fingerprint density at radius 2 is 2.06 bits per heavy atom. The van der Waals surface area contributed by atoms with Gasteiger partial charge in [0.1, 0.15) is 5.82 Å². The van der Waals surface area contributed by atoms with E-state index in [0.29, 0.717) is 11.0 Å². The summed E-state index contributed by atoms with van der Waals surface area (Å²) >= 11 is 3.15. The number of benzene rings is 1. The molecule has 1 rings (SSSR count). The van der Waals surface area contributed by atoms with Crippen molar-refractivity contribution in [3.05, 3.63) is 28.0 Å². The maximum absolute atomic E-state index is 13.2. The van der Waals surface area contributed by atoms with Gasteiger partial charge in [-0.2, -0.15) is 0 Å². The van der Waals surface area contributed by atoms with E-state index in [1.165, 1.54) is 6.07 Å². The van der Waals surface area contributed by atoms with Crippen molar-refractivity contribution < 1.29 is 9.50 Å². The van der Waals surface area contributed by atoms with Gasteiger partial charge in [0.15, 0.2) is 0 Å². The second-order valence-corrected chi connectivity index (χ2v) is 5.80. The van der Waals surface area contributed by atoms with Gasteiger partial charge in [-0.3, -0.25) is 0 Å². The van der Waals surface area contributed by atoms with Gasteiger partial charge in [0.2, 0.25) is 0 Å². The molecule has 0 radical (unpaired) electrons. The maximum Gasteiger partial charge on any atom is 0.137 e. The first kappa shape index (κ1) is 14.5. The Bertz CT molecular complexity index is 405. The van der Waals surface area contributed by atoms with Crippen LogP contribution < -0.4 is 5.32 Å². The van der Waals surface area contributed by atoms with Crippen LogP contribution in [0.25, 0.3) is 0 Å². The minimum absolute atomic E-state index is 0.152. The zero-order valence-electron chi connectivity index (χ0n) is 10.6. The van der Waals surface area contributed by atoms with Crippen LogP contribution in [0.3, 0.4) is 0 Å². The van der Waals surface area contributed by atoms with Crippen LogP contribution in [0.2, 0.25) is 0 Å². The van der Waals surface area contributed by atoms with Crippen LogP contribution in [0.4, 0.5) is 10.1 Å². The predicted octanol–water partition coefficient (Wildman–Crippen LogP) is 3.72. The molecule has 0 aromatic heterocycles. The molecule has 1 atom stereocenters. The summed E-state index contributed by atoms with van der Waals surface area (Å²) in [6, 6.07) is 3.16. The molecule has 2 nitrogen and oxygen atoms in total. The normalized spacial score (nSPS) is 14.8. The highest BCUT2D eigenvalue weighted by Gasteiger charge is 2.24. The monoisotopic (exact) mass is 303 g/mol. The van der Waals surface area contributed by atoms with Gasteiger partial charge in [0, 0.05) is 12.2 Å². The van der Waals surface area contributed by atoms with Crippen LogP contribution in [0.15, 0.2) is 16.6 Å². The molecule has 0 bridgehead atoms. The maximum atomic E-state index is 13.2. The molecule has 1 unspecified atom stereocenters. The van der Waals surface area contributed by atoms with Gasteiger partial charge in [0.25, 0.3) is 0 Å². The molecule has 0 saturated carbocycles. The van der Waals surface area contributed by atoms with E-state index in [4.69, 9.17) is 0 Å². The van der Waals surface area contributed by atoms with E-state index in [1.54, 1.807) is 13.0 Å². The molecule has 17 heavy (non-hydrogen) atoms. The van der Waals surface area contributed by atoms with Crippen molar-refractivity contribution in [1.29, 1.82) is 0 Å². The lowest BCUT2D eigenvalue weighted by molar-refractivity contribution is 0.0266. The van der Waals surface area contributed by atoms with E-state index in [1.807, 2.05) is 20.8 Å². The van der Waals surface area contributed by atoms with Crippen LogP contribution in [0.1, 0.15) is 26.3 Å². The lowest BCUT2D eigenvalue weighted by atomic mass is 9.92. The average molecular weight is 304 g/mol. The highest BCUT2D eigenvalue weighted by atomic mass is 79.9. The van der Waals surface area contributed by atoms with Crippen LogP contribution in [-0.2, 0) is 0 Å². The van der Waals surface area contributed by atoms with Gasteiger partial charge in [-0.05, 0) is 53.4 Å². The van der Waals surface area contributed by atoms with Gasteiger partial charge >= 0.3 is 0 Å². The fourth-order valence-corrected chi connectivity index (χ4v) is 1.66. The molecule has 0 saturated heterocycles. The second-order valence-electron chi connectivity index (χ2n) is 4.95. The van der Waals surface area contributed by atoms with Crippen molar-refractivity contribution in [3.8, 4) is 0 Å². The van der Waals surface area contributed by atoms with Gasteiger partial charge in [-0.15, -0.1) is 0 Å².